The molecule has 1 fully saturated rings. The van der Waals surface area contributed by atoms with E-state index in [1.165, 1.54) is 0 Å². The summed E-state index contributed by atoms with van der Waals surface area (Å²) in [6, 6.07) is 2.24. The number of piperazine rings is 1. The van der Waals surface area contributed by atoms with Crippen LogP contribution in [0.2, 0.25) is 0 Å². The normalized spacial score (nSPS) is 15.1. The SMILES string of the molecule is CC(C)n1cc(-c2nc(-c3cnn(CCN4CCN(C(=O)OC(C)(C)C)CC4)c3)cn3nccc23)cn1. The largest absolute Gasteiger partial charge is 0.444 e. The second-order valence-electron chi connectivity index (χ2n) is 10.7. The number of nitrogens with zero attached hydrogens (tertiary/aromatic N) is 9. The lowest BCUT2D eigenvalue weighted by Gasteiger charge is -2.35. The van der Waals surface area contributed by atoms with Crippen molar-refractivity contribution in [3.8, 4) is 22.5 Å². The zero-order valence-electron chi connectivity index (χ0n) is 22.2. The van der Waals surface area contributed by atoms with Crippen molar-refractivity contribution in [1.29, 1.82) is 0 Å². The first-order chi connectivity index (χ1) is 17.7. The lowest BCUT2D eigenvalue weighted by molar-refractivity contribution is 0.0142. The molecule has 0 bridgehead atoms. The molecule has 4 aromatic rings. The molecule has 0 saturated carbocycles. The van der Waals surface area contributed by atoms with Crippen molar-refractivity contribution in [1.82, 2.24) is 44.0 Å². The van der Waals surface area contributed by atoms with Gasteiger partial charge in [0.1, 0.15) is 5.60 Å². The third-order valence-electron chi connectivity index (χ3n) is 6.39. The molecule has 0 N–H and O–H groups in total. The van der Waals surface area contributed by atoms with Crippen LogP contribution in [0.5, 0.6) is 0 Å². The summed E-state index contributed by atoms with van der Waals surface area (Å²) < 4.78 is 11.2. The minimum atomic E-state index is -0.473. The quantitative estimate of drug-likeness (QED) is 0.395. The molecular weight excluding hydrogens is 470 g/mol. The summed E-state index contributed by atoms with van der Waals surface area (Å²) in [5.41, 5.74) is 4.01. The van der Waals surface area contributed by atoms with Gasteiger partial charge in [0.2, 0.25) is 0 Å². The molecule has 0 spiro atoms. The number of hydrogen-bond donors (Lipinski definition) is 0. The Labute approximate surface area is 216 Å². The average Bonchev–Trinajstić information content (AvgIpc) is 3.62. The van der Waals surface area contributed by atoms with E-state index in [1.807, 2.05) is 71.7 Å². The second kappa shape index (κ2) is 9.97. The van der Waals surface area contributed by atoms with Crippen molar-refractivity contribution in [2.75, 3.05) is 32.7 Å². The molecule has 0 aromatic carbocycles. The lowest BCUT2D eigenvalue weighted by atomic mass is 10.2. The summed E-state index contributed by atoms with van der Waals surface area (Å²) in [5.74, 6) is 0. The van der Waals surface area contributed by atoms with E-state index in [2.05, 4.69) is 34.0 Å². The van der Waals surface area contributed by atoms with Gasteiger partial charge in [0.15, 0.2) is 0 Å². The Kier molecular flexibility index (Phi) is 6.72. The first-order valence-electron chi connectivity index (χ1n) is 12.8. The predicted octanol–water partition coefficient (Wildman–Crippen LogP) is 3.59. The molecule has 11 heteroatoms. The summed E-state index contributed by atoms with van der Waals surface area (Å²) in [4.78, 5) is 21.4. The number of ether oxygens (including phenoxy) is 1. The van der Waals surface area contributed by atoms with E-state index in [4.69, 9.17) is 9.72 Å². The van der Waals surface area contributed by atoms with E-state index in [-0.39, 0.29) is 12.1 Å². The molecule has 11 nitrogen and oxygen atoms in total. The monoisotopic (exact) mass is 505 g/mol. The Hall–Kier alpha value is -3.73. The molecule has 0 unspecified atom stereocenters. The molecular formula is C26H35N9O2. The maximum Gasteiger partial charge on any atom is 0.410 e. The van der Waals surface area contributed by atoms with Crippen LogP contribution in [-0.2, 0) is 11.3 Å². The number of hydrogen-bond acceptors (Lipinski definition) is 7. The van der Waals surface area contributed by atoms with E-state index in [1.54, 1.807) is 11.1 Å². The van der Waals surface area contributed by atoms with E-state index in [0.29, 0.717) is 13.1 Å². The first-order valence-corrected chi connectivity index (χ1v) is 12.8. The standard InChI is InChI=1S/C26H35N9O2/c1-19(2)34-17-21(15-29-34)24-23-6-7-27-35(23)18-22(30-24)20-14-28-33(16-20)13-10-31-8-11-32(12-9-31)25(36)37-26(3,4)5/h6-7,14-19H,8-13H2,1-5H3. The van der Waals surface area contributed by atoms with Gasteiger partial charge in [0.05, 0.1) is 48.2 Å². The maximum absolute atomic E-state index is 12.3. The van der Waals surface area contributed by atoms with Crippen LogP contribution in [0.25, 0.3) is 28.0 Å². The number of carbonyl (C=O) groups is 1. The fourth-order valence-corrected chi connectivity index (χ4v) is 4.36. The minimum Gasteiger partial charge on any atom is -0.444 e. The van der Waals surface area contributed by atoms with Gasteiger partial charge in [-0.25, -0.2) is 14.3 Å². The summed E-state index contributed by atoms with van der Waals surface area (Å²) in [6.07, 6.45) is 11.2. The van der Waals surface area contributed by atoms with Crippen LogP contribution in [0.3, 0.4) is 0 Å². The smallest absolute Gasteiger partial charge is 0.410 e. The van der Waals surface area contributed by atoms with Gasteiger partial charge in [-0.2, -0.15) is 15.3 Å². The highest BCUT2D eigenvalue weighted by atomic mass is 16.6. The molecule has 0 atom stereocenters. The van der Waals surface area contributed by atoms with E-state index < -0.39 is 5.60 Å². The molecule has 0 aliphatic carbocycles. The highest BCUT2D eigenvalue weighted by Crippen LogP contribution is 2.27. The Morgan fingerprint density at radius 2 is 1.73 bits per heavy atom. The van der Waals surface area contributed by atoms with Gasteiger partial charge in [0.25, 0.3) is 0 Å². The number of fused-ring (bicyclic) bond motifs is 1. The number of amides is 1. The number of aromatic nitrogens is 7. The molecule has 1 saturated heterocycles. The van der Waals surface area contributed by atoms with Crippen LogP contribution in [0.1, 0.15) is 40.7 Å². The van der Waals surface area contributed by atoms with Crippen molar-refractivity contribution in [2.45, 2.75) is 52.8 Å². The molecule has 4 aromatic heterocycles. The fraction of sp³-hybridized carbons (Fsp3) is 0.500. The topological polar surface area (TPSA) is 98.6 Å². The van der Waals surface area contributed by atoms with Crippen LogP contribution < -0.4 is 0 Å². The van der Waals surface area contributed by atoms with Gasteiger partial charge >= 0.3 is 6.09 Å². The molecule has 1 aliphatic heterocycles. The van der Waals surface area contributed by atoms with E-state index in [9.17, 15) is 4.79 Å². The predicted molar refractivity (Wildman–Crippen MR) is 140 cm³/mol. The molecule has 1 aliphatic rings. The van der Waals surface area contributed by atoms with Crippen molar-refractivity contribution < 1.29 is 9.53 Å². The molecule has 5 heterocycles. The first kappa shape index (κ1) is 24.9. The van der Waals surface area contributed by atoms with E-state index >= 15 is 0 Å². The lowest BCUT2D eigenvalue weighted by Crippen LogP contribution is -2.50. The van der Waals surface area contributed by atoms with Crippen molar-refractivity contribution in [3.05, 3.63) is 43.2 Å². The minimum absolute atomic E-state index is 0.235. The summed E-state index contributed by atoms with van der Waals surface area (Å²) in [5, 5.41) is 13.5. The van der Waals surface area contributed by atoms with Gasteiger partial charge in [-0.15, -0.1) is 0 Å². The van der Waals surface area contributed by atoms with Crippen LogP contribution in [0.15, 0.2) is 43.2 Å². The zero-order valence-corrected chi connectivity index (χ0v) is 22.2. The second-order valence-corrected chi connectivity index (χ2v) is 10.7. The molecule has 1 amide bonds. The van der Waals surface area contributed by atoms with Gasteiger partial charge in [-0.3, -0.25) is 14.3 Å². The third kappa shape index (κ3) is 5.66. The molecule has 5 rings (SSSR count). The third-order valence-corrected chi connectivity index (χ3v) is 6.39. The zero-order chi connectivity index (χ0) is 26.2. The Morgan fingerprint density at radius 3 is 2.43 bits per heavy atom. The number of carbonyl (C=O) groups excluding carboxylic acids is 1. The van der Waals surface area contributed by atoms with Gasteiger partial charge in [-0.1, -0.05) is 0 Å². The summed E-state index contributed by atoms with van der Waals surface area (Å²) in [7, 11) is 0. The van der Waals surface area contributed by atoms with Crippen molar-refractivity contribution >= 4 is 11.6 Å². The number of rotatable bonds is 6. The van der Waals surface area contributed by atoms with Gasteiger partial charge in [0, 0.05) is 62.3 Å². The van der Waals surface area contributed by atoms with Crippen LogP contribution in [0.4, 0.5) is 4.79 Å². The molecule has 37 heavy (non-hydrogen) atoms. The van der Waals surface area contributed by atoms with Crippen LogP contribution in [-0.4, -0.2) is 88.4 Å². The maximum atomic E-state index is 12.3. The van der Waals surface area contributed by atoms with Crippen LogP contribution in [0, 0.1) is 0 Å². The fourth-order valence-electron chi connectivity index (χ4n) is 4.36. The van der Waals surface area contributed by atoms with Crippen molar-refractivity contribution in [2.24, 2.45) is 0 Å². The van der Waals surface area contributed by atoms with Crippen molar-refractivity contribution in [3.63, 3.8) is 0 Å². The highest BCUT2D eigenvalue weighted by molar-refractivity contribution is 5.78. The Morgan fingerprint density at radius 1 is 0.973 bits per heavy atom. The Bertz CT molecular complexity index is 1370. The van der Waals surface area contributed by atoms with Gasteiger partial charge in [-0.05, 0) is 40.7 Å². The molecule has 0 radical (unpaired) electrons. The highest BCUT2D eigenvalue weighted by Gasteiger charge is 2.25. The van der Waals surface area contributed by atoms with Crippen LogP contribution >= 0.6 is 0 Å². The molecule has 196 valence electrons. The van der Waals surface area contributed by atoms with Gasteiger partial charge < -0.3 is 9.64 Å². The summed E-state index contributed by atoms with van der Waals surface area (Å²) >= 11 is 0. The van der Waals surface area contributed by atoms with E-state index in [0.717, 1.165) is 54.2 Å². The average molecular weight is 506 g/mol. The summed E-state index contributed by atoms with van der Waals surface area (Å²) in [6.45, 7) is 14.5. The Balaban J connectivity index is 1.24.